The number of nitrogens with zero attached hydrogens (tertiary/aromatic N) is 2. The fourth-order valence-electron chi connectivity index (χ4n) is 4.07. The van der Waals surface area contributed by atoms with Crippen LogP contribution in [0.1, 0.15) is 27.0 Å². The van der Waals surface area contributed by atoms with Crippen LogP contribution in [0.5, 0.6) is 5.75 Å². The molecular weight excluding hydrogens is 479 g/mol. The van der Waals surface area contributed by atoms with E-state index in [1.807, 2.05) is 60.0 Å². The van der Waals surface area contributed by atoms with Gasteiger partial charge in [0.1, 0.15) is 22.9 Å². The molecule has 5 rings (SSSR count). The molecule has 5 aromatic rings. The number of carbonyl (C=O) groups excluding carboxylic acids is 1. The van der Waals surface area contributed by atoms with Crippen LogP contribution in [0.4, 0.5) is 19.0 Å². The van der Waals surface area contributed by atoms with Gasteiger partial charge in [-0.05, 0) is 54.4 Å². The number of imidazole rings is 1. The first-order valence-electron chi connectivity index (χ1n) is 11.6. The maximum atomic E-state index is 13.1. The van der Waals surface area contributed by atoms with Gasteiger partial charge in [-0.2, -0.15) is 13.2 Å². The summed E-state index contributed by atoms with van der Waals surface area (Å²) in [6.07, 6.45) is -2.68. The molecule has 0 aliphatic heterocycles. The van der Waals surface area contributed by atoms with E-state index in [2.05, 4.69) is 5.32 Å². The van der Waals surface area contributed by atoms with Crippen molar-refractivity contribution < 1.29 is 22.7 Å². The van der Waals surface area contributed by atoms with Crippen molar-refractivity contribution in [2.75, 3.05) is 5.32 Å². The number of pyridine rings is 1. The second-order valence-corrected chi connectivity index (χ2v) is 8.50. The molecule has 0 aliphatic carbocycles. The number of esters is 1. The van der Waals surface area contributed by atoms with Gasteiger partial charge in [0, 0.05) is 18.3 Å². The highest BCUT2D eigenvalue weighted by Gasteiger charge is 2.31. The van der Waals surface area contributed by atoms with Crippen molar-refractivity contribution in [1.29, 1.82) is 0 Å². The lowest BCUT2D eigenvalue weighted by atomic mass is 10.1. The van der Waals surface area contributed by atoms with Crippen molar-refractivity contribution in [1.82, 2.24) is 9.38 Å². The Balaban J connectivity index is 1.54. The van der Waals surface area contributed by atoms with Crippen molar-refractivity contribution >= 4 is 17.4 Å². The molecule has 37 heavy (non-hydrogen) atoms. The third-order valence-electron chi connectivity index (χ3n) is 5.92. The normalized spacial score (nSPS) is 11.5. The summed E-state index contributed by atoms with van der Waals surface area (Å²) in [6.45, 7) is 2.48. The zero-order valence-electron chi connectivity index (χ0n) is 19.8. The molecule has 3 aromatic carbocycles. The van der Waals surface area contributed by atoms with E-state index in [0.717, 1.165) is 28.9 Å². The summed E-state index contributed by atoms with van der Waals surface area (Å²) in [5.74, 6) is -0.00357. The number of hydrogen-bond acceptors (Lipinski definition) is 4. The van der Waals surface area contributed by atoms with Gasteiger partial charge in [-0.25, -0.2) is 9.78 Å². The minimum Gasteiger partial charge on any atom is -0.422 e. The van der Waals surface area contributed by atoms with E-state index in [1.165, 1.54) is 12.1 Å². The van der Waals surface area contributed by atoms with Crippen molar-refractivity contribution in [2.45, 2.75) is 19.6 Å². The summed E-state index contributed by atoms with van der Waals surface area (Å²) >= 11 is 0. The second-order valence-electron chi connectivity index (χ2n) is 8.50. The Morgan fingerprint density at radius 3 is 2.49 bits per heavy atom. The van der Waals surface area contributed by atoms with E-state index >= 15 is 0 Å². The van der Waals surface area contributed by atoms with Gasteiger partial charge in [-0.1, -0.05) is 54.6 Å². The quantitative estimate of drug-likeness (QED) is 0.198. The van der Waals surface area contributed by atoms with Crippen LogP contribution in [0.15, 0.2) is 97.2 Å². The largest absolute Gasteiger partial charge is 0.422 e. The number of fused-ring (bicyclic) bond motifs is 1. The number of hydrogen-bond donors (Lipinski definition) is 1. The number of benzene rings is 3. The van der Waals surface area contributed by atoms with Crippen LogP contribution in [-0.4, -0.2) is 15.4 Å². The van der Waals surface area contributed by atoms with E-state index in [9.17, 15) is 18.0 Å². The molecule has 2 aromatic heterocycles. The van der Waals surface area contributed by atoms with E-state index in [-0.39, 0.29) is 11.3 Å². The van der Waals surface area contributed by atoms with Gasteiger partial charge >= 0.3 is 12.1 Å². The lowest BCUT2D eigenvalue weighted by Crippen LogP contribution is -2.12. The van der Waals surface area contributed by atoms with Gasteiger partial charge in [0.15, 0.2) is 0 Å². The first-order chi connectivity index (χ1) is 17.8. The zero-order chi connectivity index (χ0) is 26.0. The Hall–Kier alpha value is -4.59. The Bertz CT molecular complexity index is 1580. The number of aromatic nitrogens is 2. The molecule has 0 spiro atoms. The first-order valence-corrected chi connectivity index (χ1v) is 11.6. The van der Waals surface area contributed by atoms with Gasteiger partial charge in [-0.3, -0.25) is 4.40 Å². The number of halogens is 3. The number of rotatable bonds is 6. The monoisotopic (exact) mass is 501 g/mol. The summed E-state index contributed by atoms with van der Waals surface area (Å²) < 4.78 is 47.0. The van der Waals surface area contributed by atoms with Crippen LogP contribution >= 0.6 is 0 Å². The highest BCUT2D eigenvalue weighted by molar-refractivity contribution is 5.93. The second kappa shape index (κ2) is 9.81. The van der Waals surface area contributed by atoms with Crippen LogP contribution in [0.3, 0.4) is 0 Å². The molecule has 0 bridgehead atoms. The lowest BCUT2D eigenvalue weighted by Gasteiger charge is -2.13. The molecule has 0 unspecified atom stereocenters. The molecule has 0 saturated heterocycles. The highest BCUT2D eigenvalue weighted by Crippen LogP contribution is 2.37. The number of anilines is 1. The van der Waals surface area contributed by atoms with Gasteiger partial charge < -0.3 is 10.1 Å². The van der Waals surface area contributed by atoms with Crippen molar-refractivity contribution in [3.8, 4) is 17.0 Å². The van der Waals surface area contributed by atoms with Crippen LogP contribution in [-0.2, 0) is 12.7 Å². The molecule has 186 valence electrons. The maximum Gasteiger partial charge on any atom is 0.416 e. The van der Waals surface area contributed by atoms with Crippen molar-refractivity contribution in [2.24, 2.45) is 0 Å². The van der Waals surface area contributed by atoms with Gasteiger partial charge in [-0.15, -0.1) is 0 Å². The van der Waals surface area contributed by atoms with Crippen LogP contribution < -0.4 is 10.1 Å². The number of carbonyl (C=O) groups is 1. The molecular formula is C29H22F3N3O2. The average molecular weight is 502 g/mol. The molecule has 0 saturated carbocycles. The summed E-state index contributed by atoms with van der Waals surface area (Å²) in [4.78, 5) is 17.7. The first kappa shape index (κ1) is 24.1. The minimum atomic E-state index is -4.57. The molecule has 8 heteroatoms. The molecule has 5 nitrogen and oxygen atoms in total. The maximum absolute atomic E-state index is 13.1. The fraction of sp³-hybridized carbons (Fsp3) is 0.103. The Morgan fingerprint density at radius 2 is 1.70 bits per heavy atom. The van der Waals surface area contributed by atoms with E-state index < -0.39 is 17.7 Å². The Morgan fingerprint density at radius 1 is 0.946 bits per heavy atom. The van der Waals surface area contributed by atoms with Crippen LogP contribution in [0.25, 0.3) is 16.9 Å². The third-order valence-corrected chi connectivity index (χ3v) is 5.92. The van der Waals surface area contributed by atoms with Crippen LogP contribution in [0, 0.1) is 6.92 Å². The van der Waals surface area contributed by atoms with Crippen LogP contribution in [0.2, 0.25) is 0 Å². The molecule has 0 radical (unpaired) electrons. The summed E-state index contributed by atoms with van der Waals surface area (Å²) in [6, 6.07) is 24.7. The lowest BCUT2D eigenvalue weighted by molar-refractivity contribution is -0.137. The van der Waals surface area contributed by atoms with E-state index in [1.54, 1.807) is 24.3 Å². The summed E-state index contributed by atoms with van der Waals surface area (Å²) in [5.41, 5.74) is 2.72. The Labute approximate surface area is 211 Å². The van der Waals surface area contributed by atoms with Crippen molar-refractivity contribution in [3.05, 3.63) is 119 Å². The molecule has 0 aliphatic rings. The predicted octanol–water partition coefficient (Wildman–Crippen LogP) is 7.16. The molecule has 2 heterocycles. The van der Waals surface area contributed by atoms with Gasteiger partial charge in [0.05, 0.1) is 11.1 Å². The van der Waals surface area contributed by atoms with E-state index in [4.69, 9.17) is 9.72 Å². The fourth-order valence-corrected chi connectivity index (χ4v) is 4.07. The predicted molar refractivity (Wildman–Crippen MR) is 136 cm³/mol. The number of nitrogens with one attached hydrogen (secondary N) is 1. The van der Waals surface area contributed by atoms with Crippen molar-refractivity contribution in [3.63, 3.8) is 0 Å². The summed E-state index contributed by atoms with van der Waals surface area (Å²) in [7, 11) is 0. The highest BCUT2D eigenvalue weighted by atomic mass is 19.4. The zero-order valence-corrected chi connectivity index (χ0v) is 19.8. The topological polar surface area (TPSA) is 55.6 Å². The number of aryl methyl sites for hydroxylation is 1. The SMILES string of the molecule is Cc1cccn2c(NCc3ccccc3)c(-c3ccccc3OC(=O)c3cccc(C(F)(F)F)c3)nc12. The molecule has 0 fully saturated rings. The smallest absolute Gasteiger partial charge is 0.416 e. The molecule has 1 N–H and O–H groups in total. The van der Waals surface area contributed by atoms with E-state index in [0.29, 0.717) is 23.6 Å². The number of para-hydroxylation sites is 1. The average Bonchev–Trinajstić information content (AvgIpc) is 3.27. The number of ether oxygens (including phenoxy) is 1. The minimum absolute atomic E-state index is 0.189. The molecule has 0 atom stereocenters. The van der Waals surface area contributed by atoms with Gasteiger partial charge in [0.2, 0.25) is 0 Å². The number of alkyl halides is 3. The summed E-state index contributed by atoms with van der Waals surface area (Å²) in [5, 5.41) is 3.45. The molecule has 0 amide bonds. The standard InChI is InChI=1S/C29H22F3N3O2/c1-19-9-8-16-35-26(19)34-25(27(35)33-18-20-10-3-2-4-11-20)23-14-5-6-15-24(23)37-28(36)21-12-7-13-22(17-21)29(30,31)32/h2-17,33H,18H2,1H3. The third kappa shape index (κ3) is 5.04. The Kier molecular flexibility index (Phi) is 6.40. The van der Waals surface area contributed by atoms with Gasteiger partial charge in [0.25, 0.3) is 0 Å².